The number of amides is 1. The van der Waals surface area contributed by atoms with Crippen LogP contribution >= 0.6 is 11.3 Å². The van der Waals surface area contributed by atoms with Crippen LogP contribution in [0.1, 0.15) is 11.9 Å². The zero-order valence-electron chi connectivity index (χ0n) is 13.4. The number of nitrogens with one attached hydrogen (secondary N) is 1. The fourth-order valence-electron chi connectivity index (χ4n) is 2.43. The minimum atomic E-state index is -0.734. The highest BCUT2D eigenvalue weighted by molar-refractivity contribution is 7.20. The SMILES string of the molecule is C/C(=N\NC(=O)C1COc2ccccc2O1)c1nc2ccccc2s1. The standard InChI is InChI=1S/C18H15N3O3S/c1-11(18-19-12-6-2-5-9-16(12)25-18)20-21-17(22)15-10-23-13-7-3-4-8-14(13)24-15/h2-9,15H,10H2,1H3,(H,21,22)/b20-11+. The van der Waals surface area contributed by atoms with E-state index in [2.05, 4.69) is 15.5 Å². The van der Waals surface area contributed by atoms with Gasteiger partial charge in [0, 0.05) is 0 Å². The summed E-state index contributed by atoms with van der Waals surface area (Å²) in [7, 11) is 0. The number of fused-ring (bicyclic) bond motifs is 2. The van der Waals surface area contributed by atoms with Crippen LogP contribution in [0.15, 0.2) is 53.6 Å². The maximum atomic E-state index is 12.3. The number of carbonyl (C=O) groups excluding carboxylic acids is 1. The molecule has 6 nitrogen and oxygen atoms in total. The van der Waals surface area contributed by atoms with Gasteiger partial charge in [-0.15, -0.1) is 11.3 Å². The smallest absolute Gasteiger partial charge is 0.284 e. The minimum Gasteiger partial charge on any atom is -0.485 e. The van der Waals surface area contributed by atoms with Crippen molar-refractivity contribution in [1.29, 1.82) is 0 Å². The second-order valence-corrected chi connectivity index (χ2v) is 6.55. The summed E-state index contributed by atoms with van der Waals surface area (Å²) in [5.41, 5.74) is 4.10. The Morgan fingerprint density at radius 1 is 1.20 bits per heavy atom. The summed E-state index contributed by atoms with van der Waals surface area (Å²) in [5.74, 6) is 0.844. The van der Waals surface area contributed by atoms with E-state index in [4.69, 9.17) is 9.47 Å². The molecule has 1 atom stereocenters. The summed E-state index contributed by atoms with van der Waals surface area (Å²) < 4.78 is 12.3. The summed E-state index contributed by atoms with van der Waals surface area (Å²) in [6.07, 6.45) is -0.734. The molecule has 2 heterocycles. The number of thiazole rings is 1. The Morgan fingerprint density at radius 3 is 2.80 bits per heavy atom. The van der Waals surface area contributed by atoms with Crippen LogP contribution in [0.25, 0.3) is 10.2 Å². The van der Waals surface area contributed by atoms with Crippen LogP contribution in [0, 0.1) is 0 Å². The van der Waals surface area contributed by atoms with E-state index in [-0.39, 0.29) is 12.5 Å². The van der Waals surface area contributed by atoms with Gasteiger partial charge in [-0.25, -0.2) is 10.4 Å². The summed E-state index contributed by atoms with van der Waals surface area (Å²) in [5, 5.41) is 4.92. The van der Waals surface area contributed by atoms with Crippen LogP contribution in [0.4, 0.5) is 0 Å². The van der Waals surface area contributed by atoms with Crippen molar-refractivity contribution in [3.8, 4) is 11.5 Å². The Bertz CT molecular complexity index is 934. The van der Waals surface area contributed by atoms with Crippen LogP contribution in [-0.2, 0) is 4.79 Å². The maximum absolute atomic E-state index is 12.3. The van der Waals surface area contributed by atoms with E-state index in [1.807, 2.05) is 43.3 Å². The third kappa shape index (κ3) is 3.18. The Kier molecular flexibility index (Phi) is 4.07. The van der Waals surface area contributed by atoms with Crippen LogP contribution in [-0.4, -0.2) is 29.3 Å². The van der Waals surface area contributed by atoms with Gasteiger partial charge in [0.2, 0.25) is 6.10 Å². The molecule has 4 rings (SSSR count). The van der Waals surface area contributed by atoms with Crippen molar-refractivity contribution in [2.24, 2.45) is 5.10 Å². The number of ether oxygens (including phenoxy) is 2. The van der Waals surface area contributed by atoms with Gasteiger partial charge in [-0.05, 0) is 31.2 Å². The predicted octanol–water partition coefficient (Wildman–Crippen LogP) is 2.98. The van der Waals surface area contributed by atoms with E-state index in [9.17, 15) is 4.79 Å². The molecule has 1 aliphatic rings. The normalized spacial score (nSPS) is 16.7. The van der Waals surface area contributed by atoms with E-state index in [0.29, 0.717) is 17.2 Å². The number of para-hydroxylation sites is 3. The second-order valence-electron chi connectivity index (χ2n) is 5.52. The van der Waals surface area contributed by atoms with Gasteiger partial charge in [0.15, 0.2) is 11.5 Å². The number of nitrogens with zero attached hydrogens (tertiary/aromatic N) is 2. The largest absolute Gasteiger partial charge is 0.485 e. The summed E-state index contributed by atoms with van der Waals surface area (Å²) in [6, 6.07) is 15.1. The molecule has 0 radical (unpaired) electrons. The quantitative estimate of drug-likeness (QED) is 0.580. The van der Waals surface area contributed by atoms with Crippen LogP contribution < -0.4 is 14.9 Å². The first-order chi connectivity index (χ1) is 12.2. The lowest BCUT2D eigenvalue weighted by atomic mass is 10.2. The molecule has 0 spiro atoms. The molecule has 1 N–H and O–H groups in total. The van der Waals surface area contributed by atoms with E-state index >= 15 is 0 Å². The van der Waals surface area contributed by atoms with Crippen molar-refractivity contribution >= 4 is 33.2 Å². The highest BCUT2D eigenvalue weighted by atomic mass is 32.1. The van der Waals surface area contributed by atoms with Crippen LogP contribution in [0.2, 0.25) is 0 Å². The molecule has 1 amide bonds. The molecule has 1 aromatic heterocycles. The predicted molar refractivity (Wildman–Crippen MR) is 96.3 cm³/mol. The number of rotatable bonds is 3. The number of hydrogen-bond acceptors (Lipinski definition) is 6. The molecule has 0 saturated carbocycles. The van der Waals surface area contributed by atoms with Crippen molar-refractivity contribution in [3.63, 3.8) is 0 Å². The molecular formula is C18H15N3O3S. The van der Waals surface area contributed by atoms with Gasteiger partial charge < -0.3 is 9.47 Å². The third-order valence-corrected chi connectivity index (χ3v) is 4.88. The van der Waals surface area contributed by atoms with Gasteiger partial charge in [0.05, 0.1) is 15.9 Å². The van der Waals surface area contributed by atoms with Crippen LogP contribution in [0.3, 0.4) is 0 Å². The monoisotopic (exact) mass is 353 g/mol. The lowest BCUT2D eigenvalue weighted by Crippen LogP contribution is -2.42. The van der Waals surface area contributed by atoms with Gasteiger partial charge in [0.1, 0.15) is 11.6 Å². The Balaban J connectivity index is 1.45. The molecule has 0 aliphatic carbocycles. The second kappa shape index (κ2) is 6.52. The van der Waals surface area contributed by atoms with Gasteiger partial charge in [0.25, 0.3) is 5.91 Å². The van der Waals surface area contributed by atoms with Crippen molar-refractivity contribution in [2.75, 3.05) is 6.61 Å². The van der Waals surface area contributed by atoms with Crippen molar-refractivity contribution in [3.05, 3.63) is 53.5 Å². The molecular weight excluding hydrogens is 338 g/mol. The van der Waals surface area contributed by atoms with Gasteiger partial charge in [-0.3, -0.25) is 4.79 Å². The molecule has 0 bridgehead atoms. The molecule has 0 fully saturated rings. The Morgan fingerprint density at radius 2 is 1.96 bits per heavy atom. The zero-order chi connectivity index (χ0) is 17.2. The van der Waals surface area contributed by atoms with E-state index in [0.717, 1.165) is 15.2 Å². The van der Waals surface area contributed by atoms with E-state index < -0.39 is 6.10 Å². The Hall–Kier alpha value is -2.93. The molecule has 2 aromatic carbocycles. The number of aromatic nitrogens is 1. The van der Waals surface area contributed by atoms with E-state index in [1.165, 1.54) is 11.3 Å². The third-order valence-electron chi connectivity index (χ3n) is 3.74. The average molecular weight is 353 g/mol. The van der Waals surface area contributed by atoms with E-state index in [1.54, 1.807) is 12.1 Å². The summed E-state index contributed by atoms with van der Waals surface area (Å²) in [6.45, 7) is 1.96. The first-order valence-corrected chi connectivity index (χ1v) is 8.61. The minimum absolute atomic E-state index is 0.151. The van der Waals surface area contributed by atoms with Crippen molar-refractivity contribution < 1.29 is 14.3 Å². The fourth-order valence-corrected chi connectivity index (χ4v) is 3.34. The lowest BCUT2D eigenvalue weighted by Gasteiger charge is -2.24. The summed E-state index contributed by atoms with van der Waals surface area (Å²) >= 11 is 1.53. The number of hydrazone groups is 1. The van der Waals surface area contributed by atoms with Crippen molar-refractivity contribution in [1.82, 2.24) is 10.4 Å². The van der Waals surface area contributed by atoms with Gasteiger partial charge in [-0.2, -0.15) is 5.10 Å². The topological polar surface area (TPSA) is 72.8 Å². The average Bonchev–Trinajstić information content (AvgIpc) is 3.09. The summed E-state index contributed by atoms with van der Waals surface area (Å²) in [4.78, 5) is 16.8. The first kappa shape index (κ1) is 15.6. The maximum Gasteiger partial charge on any atom is 0.284 e. The number of benzene rings is 2. The first-order valence-electron chi connectivity index (χ1n) is 7.79. The molecule has 25 heavy (non-hydrogen) atoms. The number of carbonyl (C=O) groups is 1. The van der Waals surface area contributed by atoms with Gasteiger partial charge >= 0.3 is 0 Å². The zero-order valence-corrected chi connectivity index (χ0v) is 14.2. The lowest BCUT2D eigenvalue weighted by molar-refractivity contribution is -0.130. The highest BCUT2D eigenvalue weighted by Crippen LogP contribution is 2.30. The Labute approximate surface area is 148 Å². The molecule has 1 aliphatic heterocycles. The highest BCUT2D eigenvalue weighted by Gasteiger charge is 2.27. The molecule has 1 unspecified atom stereocenters. The van der Waals surface area contributed by atoms with Gasteiger partial charge in [-0.1, -0.05) is 24.3 Å². The molecule has 126 valence electrons. The molecule has 3 aromatic rings. The fraction of sp³-hybridized carbons (Fsp3) is 0.167. The van der Waals surface area contributed by atoms with Crippen LogP contribution in [0.5, 0.6) is 11.5 Å². The molecule has 0 saturated heterocycles. The number of hydrogen-bond donors (Lipinski definition) is 1. The van der Waals surface area contributed by atoms with Crippen molar-refractivity contribution in [2.45, 2.75) is 13.0 Å². The molecule has 7 heteroatoms.